The summed E-state index contributed by atoms with van der Waals surface area (Å²) in [6.07, 6.45) is 10.3. The Morgan fingerprint density at radius 3 is 2.55 bits per heavy atom. The SMILES string of the molecule is CCCCC1CCC(c2ccc(OCCC)c(C#N)c2)CC1. The first-order valence-corrected chi connectivity index (χ1v) is 8.95. The lowest BCUT2D eigenvalue weighted by Gasteiger charge is -2.29. The minimum atomic E-state index is 0.630. The minimum absolute atomic E-state index is 0.630. The highest BCUT2D eigenvalue weighted by atomic mass is 16.5. The molecule has 0 aromatic heterocycles. The van der Waals surface area contributed by atoms with Crippen LogP contribution in [0.5, 0.6) is 5.75 Å². The molecular weight excluding hydrogens is 270 g/mol. The van der Waals surface area contributed by atoms with Crippen molar-refractivity contribution in [3.05, 3.63) is 29.3 Å². The predicted molar refractivity (Wildman–Crippen MR) is 91.2 cm³/mol. The van der Waals surface area contributed by atoms with Crippen LogP contribution < -0.4 is 4.74 Å². The van der Waals surface area contributed by atoms with E-state index in [1.165, 1.54) is 50.5 Å². The number of benzene rings is 1. The highest BCUT2D eigenvalue weighted by Crippen LogP contribution is 2.38. The van der Waals surface area contributed by atoms with Gasteiger partial charge in [-0.05, 0) is 61.6 Å². The van der Waals surface area contributed by atoms with Gasteiger partial charge in [-0.2, -0.15) is 5.26 Å². The van der Waals surface area contributed by atoms with Crippen molar-refractivity contribution in [1.82, 2.24) is 0 Å². The molecule has 0 heterocycles. The molecular formula is C20H29NO. The predicted octanol–water partition coefficient (Wildman–Crippen LogP) is 5.81. The van der Waals surface area contributed by atoms with Gasteiger partial charge in [0, 0.05) is 0 Å². The molecule has 1 aliphatic rings. The first-order chi connectivity index (χ1) is 10.8. The van der Waals surface area contributed by atoms with Gasteiger partial charge < -0.3 is 4.74 Å². The fourth-order valence-electron chi connectivity index (χ4n) is 3.50. The van der Waals surface area contributed by atoms with Crippen molar-refractivity contribution in [3.63, 3.8) is 0 Å². The second-order valence-corrected chi connectivity index (χ2v) is 6.58. The van der Waals surface area contributed by atoms with E-state index >= 15 is 0 Å². The van der Waals surface area contributed by atoms with Crippen LogP contribution in [0.4, 0.5) is 0 Å². The molecule has 0 N–H and O–H groups in total. The number of unbranched alkanes of at least 4 members (excludes halogenated alkanes) is 1. The van der Waals surface area contributed by atoms with E-state index in [9.17, 15) is 5.26 Å². The Kier molecular flexibility index (Phi) is 6.77. The average Bonchev–Trinajstić information content (AvgIpc) is 2.58. The Labute approximate surface area is 135 Å². The third-order valence-corrected chi connectivity index (χ3v) is 4.87. The Morgan fingerprint density at radius 2 is 1.91 bits per heavy atom. The summed E-state index contributed by atoms with van der Waals surface area (Å²) in [7, 11) is 0. The van der Waals surface area contributed by atoms with Crippen molar-refractivity contribution < 1.29 is 4.74 Å². The average molecular weight is 299 g/mol. The van der Waals surface area contributed by atoms with Gasteiger partial charge in [0.25, 0.3) is 0 Å². The van der Waals surface area contributed by atoms with Crippen LogP contribution in [-0.2, 0) is 0 Å². The maximum absolute atomic E-state index is 9.35. The Morgan fingerprint density at radius 1 is 1.14 bits per heavy atom. The molecule has 0 amide bonds. The van der Waals surface area contributed by atoms with Crippen LogP contribution in [0.3, 0.4) is 0 Å². The van der Waals surface area contributed by atoms with Crippen molar-refractivity contribution in [2.45, 2.75) is 71.1 Å². The summed E-state index contributed by atoms with van der Waals surface area (Å²) >= 11 is 0. The summed E-state index contributed by atoms with van der Waals surface area (Å²) in [5.74, 6) is 2.30. The second-order valence-electron chi connectivity index (χ2n) is 6.58. The number of ether oxygens (including phenoxy) is 1. The lowest BCUT2D eigenvalue weighted by Crippen LogP contribution is -2.13. The molecule has 1 aromatic rings. The molecule has 2 rings (SSSR count). The maximum atomic E-state index is 9.35. The summed E-state index contributed by atoms with van der Waals surface area (Å²) in [6.45, 7) is 5.03. The van der Waals surface area contributed by atoms with Crippen molar-refractivity contribution in [1.29, 1.82) is 5.26 Å². The zero-order valence-corrected chi connectivity index (χ0v) is 14.1. The molecule has 0 spiro atoms. The van der Waals surface area contributed by atoms with E-state index in [0.717, 1.165) is 18.1 Å². The molecule has 0 unspecified atom stereocenters. The van der Waals surface area contributed by atoms with Crippen LogP contribution in [0.25, 0.3) is 0 Å². The molecule has 0 bridgehead atoms. The third-order valence-electron chi connectivity index (χ3n) is 4.87. The van der Waals surface area contributed by atoms with Crippen molar-refractivity contribution in [3.8, 4) is 11.8 Å². The molecule has 1 fully saturated rings. The van der Waals surface area contributed by atoms with E-state index in [1.54, 1.807) is 0 Å². The van der Waals surface area contributed by atoms with Crippen LogP contribution in [0.15, 0.2) is 18.2 Å². The molecule has 1 aliphatic carbocycles. The molecule has 2 nitrogen and oxygen atoms in total. The van der Waals surface area contributed by atoms with Gasteiger partial charge in [0.05, 0.1) is 12.2 Å². The van der Waals surface area contributed by atoms with E-state index in [1.807, 2.05) is 6.07 Å². The fraction of sp³-hybridized carbons (Fsp3) is 0.650. The van der Waals surface area contributed by atoms with E-state index < -0.39 is 0 Å². The molecule has 0 atom stereocenters. The van der Waals surface area contributed by atoms with Crippen molar-refractivity contribution in [2.24, 2.45) is 5.92 Å². The number of nitrogens with zero attached hydrogens (tertiary/aromatic N) is 1. The first-order valence-electron chi connectivity index (χ1n) is 8.95. The molecule has 0 aliphatic heterocycles. The molecule has 120 valence electrons. The van der Waals surface area contributed by atoms with E-state index in [0.29, 0.717) is 18.1 Å². The van der Waals surface area contributed by atoms with Crippen LogP contribution in [-0.4, -0.2) is 6.61 Å². The zero-order valence-electron chi connectivity index (χ0n) is 14.1. The molecule has 1 aromatic carbocycles. The molecule has 2 heteroatoms. The largest absolute Gasteiger partial charge is 0.492 e. The van der Waals surface area contributed by atoms with Gasteiger partial charge in [-0.25, -0.2) is 0 Å². The Hall–Kier alpha value is -1.49. The summed E-state index contributed by atoms with van der Waals surface area (Å²) in [5, 5.41) is 9.35. The zero-order chi connectivity index (χ0) is 15.8. The maximum Gasteiger partial charge on any atom is 0.137 e. The molecule has 0 radical (unpaired) electrons. The third kappa shape index (κ3) is 4.50. The first kappa shape index (κ1) is 16.9. The summed E-state index contributed by atoms with van der Waals surface area (Å²) in [4.78, 5) is 0. The van der Waals surface area contributed by atoms with Gasteiger partial charge in [-0.1, -0.05) is 39.2 Å². The smallest absolute Gasteiger partial charge is 0.137 e. The van der Waals surface area contributed by atoms with Gasteiger partial charge in [-0.3, -0.25) is 0 Å². The second kappa shape index (κ2) is 8.83. The summed E-state index contributed by atoms with van der Waals surface area (Å²) < 4.78 is 5.66. The number of nitriles is 1. The summed E-state index contributed by atoms with van der Waals surface area (Å²) in [5.41, 5.74) is 2.02. The number of rotatable bonds is 7. The topological polar surface area (TPSA) is 33.0 Å². The van der Waals surface area contributed by atoms with Crippen LogP contribution in [0, 0.1) is 17.2 Å². The molecule has 22 heavy (non-hydrogen) atoms. The lowest BCUT2D eigenvalue weighted by molar-refractivity contribution is 0.303. The molecule has 0 saturated heterocycles. The number of hydrogen-bond acceptors (Lipinski definition) is 2. The van der Waals surface area contributed by atoms with Gasteiger partial charge in [0.15, 0.2) is 0 Å². The summed E-state index contributed by atoms with van der Waals surface area (Å²) in [6, 6.07) is 8.52. The number of hydrogen-bond donors (Lipinski definition) is 0. The fourth-order valence-corrected chi connectivity index (χ4v) is 3.50. The van der Waals surface area contributed by atoms with Crippen molar-refractivity contribution in [2.75, 3.05) is 6.61 Å². The van der Waals surface area contributed by atoms with E-state index in [4.69, 9.17) is 4.74 Å². The van der Waals surface area contributed by atoms with E-state index in [2.05, 4.69) is 32.0 Å². The van der Waals surface area contributed by atoms with E-state index in [-0.39, 0.29) is 0 Å². The van der Waals surface area contributed by atoms with Gasteiger partial charge in [0.1, 0.15) is 11.8 Å². The highest BCUT2D eigenvalue weighted by Gasteiger charge is 2.22. The normalized spacial score (nSPS) is 21.3. The van der Waals surface area contributed by atoms with Crippen LogP contribution >= 0.6 is 0 Å². The monoisotopic (exact) mass is 299 g/mol. The highest BCUT2D eigenvalue weighted by molar-refractivity contribution is 5.46. The van der Waals surface area contributed by atoms with Gasteiger partial charge in [-0.15, -0.1) is 0 Å². The van der Waals surface area contributed by atoms with Gasteiger partial charge in [0.2, 0.25) is 0 Å². The quantitative estimate of drug-likeness (QED) is 0.636. The van der Waals surface area contributed by atoms with Crippen molar-refractivity contribution >= 4 is 0 Å². The van der Waals surface area contributed by atoms with Crippen LogP contribution in [0.2, 0.25) is 0 Å². The van der Waals surface area contributed by atoms with Gasteiger partial charge >= 0.3 is 0 Å². The standard InChI is InChI=1S/C20H29NO/c1-3-5-6-16-7-9-17(10-8-16)18-11-12-20(22-13-4-2)19(14-18)15-21/h11-12,14,16-17H,3-10,13H2,1-2H3. The Bertz CT molecular complexity index is 495. The lowest BCUT2D eigenvalue weighted by atomic mass is 9.77. The molecule has 1 saturated carbocycles. The minimum Gasteiger partial charge on any atom is -0.492 e. The Balaban J connectivity index is 1.97. The van der Waals surface area contributed by atoms with Crippen LogP contribution in [0.1, 0.15) is 82.3 Å².